The molecular formula is C34H36N2O10. The van der Waals surface area contributed by atoms with Gasteiger partial charge in [0.15, 0.2) is 46.0 Å². The molecule has 2 atom stereocenters. The van der Waals surface area contributed by atoms with Crippen LogP contribution in [0.25, 0.3) is 0 Å². The van der Waals surface area contributed by atoms with Crippen molar-refractivity contribution in [3.8, 4) is 57.5 Å². The van der Waals surface area contributed by atoms with Gasteiger partial charge in [-0.3, -0.25) is 0 Å². The van der Waals surface area contributed by atoms with E-state index in [1.165, 1.54) is 0 Å². The lowest BCUT2D eigenvalue weighted by atomic mass is 9.96. The molecule has 2 heterocycles. The molecule has 0 saturated heterocycles. The quantitative estimate of drug-likeness (QED) is 0.153. The van der Waals surface area contributed by atoms with E-state index in [2.05, 4.69) is 10.6 Å². The van der Waals surface area contributed by atoms with Gasteiger partial charge in [0.2, 0.25) is 13.6 Å². The Balaban J connectivity index is 1.29. The van der Waals surface area contributed by atoms with Crippen LogP contribution in [0.15, 0.2) is 60.7 Å². The van der Waals surface area contributed by atoms with E-state index in [1.807, 2.05) is 36.4 Å². The monoisotopic (exact) mass is 632 g/mol. The number of phenolic OH excluding ortho intramolecular Hbond substituents is 2. The molecule has 4 aromatic rings. The highest BCUT2D eigenvalue weighted by Gasteiger charge is 2.27. The highest BCUT2D eigenvalue weighted by Crippen LogP contribution is 2.44. The van der Waals surface area contributed by atoms with E-state index < -0.39 is 12.1 Å². The van der Waals surface area contributed by atoms with E-state index in [4.69, 9.17) is 37.9 Å². The zero-order chi connectivity index (χ0) is 32.2. The molecule has 46 heavy (non-hydrogen) atoms. The average Bonchev–Trinajstić information content (AvgIpc) is 3.74. The maximum Gasteiger partial charge on any atom is 0.231 e. The van der Waals surface area contributed by atoms with Crippen LogP contribution in [0.4, 0.5) is 0 Å². The third-order valence-electron chi connectivity index (χ3n) is 7.97. The van der Waals surface area contributed by atoms with Crippen LogP contribution < -0.4 is 48.5 Å². The second kappa shape index (κ2) is 13.4. The lowest BCUT2D eigenvalue weighted by molar-refractivity contribution is 0.173. The van der Waals surface area contributed by atoms with E-state index in [1.54, 1.807) is 52.7 Å². The minimum atomic E-state index is -0.463. The number of methoxy groups -OCH3 is 4. The van der Waals surface area contributed by atoms with Gasteiger partial charge in [-0.15, -0.1) is 0 Å². The predicted molar refractivity (Wildman–Crippen MR) is 167 cm³/mol. The van der Waals surface area contributed by atoms with Gasteiger partial charge >= 0.3 is 0 Å². The van der Waals surface area contributed by atoms with Gasteiger partial charge in [0.1, 0.15) is 11.5 Å². The van der Waals surface area contributed by atoms with Gasteiger partial charge in [-0.25, -0.2) is 0 Å². The van der Waals surface area contributed by atoms with Crippen LogP contribution in [0.2, 0.25) is 0 Å². The Morgan fingerprint density at radius 2 is 0.913 bits per heavy atom. The summed E-state index contributed by atoms with van der Waals surface area (Å²) in [6, 6.07) is 16.9. The van der Waals surface area contributed by atoms with Gasteiger partial charge < -0.3 is 58.7 Å². The largest absolute Gasteiger partial charge is 0.507 e. The van der Waals surface area contributed by atoms with Crippen molar-refractivity contribution in [3.05, 3.63) is 82.9 Å². The average molecular weight is 633 g/mol. The van der Waals surface area contributed by atoms with Crippen molar-refractivity contribution in [2.75, 3.05) is 55.1 Å². The van der Waals surface area contributed by atoms with Crippen LogP contribution in [0.3, 0.4) is 0 Å². The van der Waals surface area contributed by atoms with E-state index >= 15 is 0 Å². The Hall–Kier alpha value is -5.20. The molecule has 0 bridgehead atoms. The number of benzene rings is 4. The smallest absolute Gasteiger partial charge is 0.231 e. The van der Waals surface area contributed by atoms with Crippen molar-refractivity contribution in [1.82, 2.24) is 10.6 Å². The van der Waals surface area contributed by atoms with Gasteiger partial charge in [-0.2, -0.15) is 0 Å². The van der Waals surface area contributed by atoms with Crippen molar-refractivity contribution in [3.63, 3.8) is 0 Å². The molecule has 2 unspecified atom stereocenters. The molecule has 6 rings (SSSR count). The van der Waals surface area contributed by atoms with Gasteiger partial charge in [-0.05, 0) is 47.5 Å². The maximum atomic E-state index is 11.1. The number of ether oxygens (including phenoxy) is 8. The van der Waals surface area contributed by atoms with Crippen molar-refractivity contribution in [2.45, 2.75) is 12.1 Å². The summed E-state index contributed by atoms with van der Waals surface area (Å²) in [7, 11) is 6.31. The van der Waals surface area contributed by atoms with Gasteiger partial charge in [0.25, 0.3) is 0 Å². The van der Waals surface area contributed by atoms with Crippen LogP contribution in [-0.2, 0) is 0 Å². The second-order valence-electron chi connectivity index (χ2n) is 10.5. The van der Waals surface area contributed by atoms with Crippen molar-refractivity contribution < 1.29 is 48.1 Å². The first-order valence-corrected chi connectivity index (χ1v) is 14.6. The van der Waals surface area contributed by atoms with Crippen molar-refractivity contribution in [2.24, 2.45) is 0 Å². The first-order valence-electron chi connectivity index (χ1n) is 14.6. The van der Waals surface area contributed by atoms with E-state index in [-0.39, 0.29) is 25.1 Å². The number of aromatic hydroxyl groups is 2. The molecule has 0 fully saturated rings. The molecule has 4 N–H and O–H groups in total. The normalized spacial score (nSPS) is 14.1. The van der Waals surface area contributed by atoms with Crippen LogP contribution in [0.1, 0.15) is 34.3 Å². The van der Waals surface area contributed by atoms with Crippen molar-refractivity contribution >= 4 is 0 Å². The Morgan fingerprint density at radius 3 is 1.28 bits per heavy atom. The van der Waals surface area contributed by atoms with Crippen LogP contribution >= 0.6 is 0 Å². The number of fused-ring (bicyclic) bond motifs is 2. The van der Waals surface area contributed by atoms with Crippen molar-refractivity contribution in [1.29, 1.82) is 0 Å². The molecule has 12 heteroatoms. The number of hydrogen-bond donors (Lipinski definition) is 4. The van der Waals surface area contributed by atoms with Gasteiger partial charge in [0, 0.05) is 36.3 Å². The molecule has 2 aliphatic heterocycles. The first-order chi connectivity index (χ1) is 22.4. The molecule has 2 aliphatic rings. The Morgan fingerprint density at radius 1 is 0.543 bits per heavy atom. The SMILES string of the molecule is COc1ccc(C(NCCNC(c2ccc(OC)c(OC)c2)c2cc3c(cc2O)OCO3)c2cc3c(cc2O)OCO3)cc1OC. The third kappa shape index (κ3) is 6.04. The zero-order valence-corrected chi connectivity index (χ0v) is 25.9. The summed E-state index contributed by atoms with van der Waals surface area (Å²) in [6.45, 7) is 1.06. The predicted octanol–water partition coefficient (Wildman–Crippen LogP) is 4.65. The number of nitrogens with one attached hydrogen (secondary N) is 2. The summed E-state index contributed by atoms with van der Waals surface area (Å²) in [5, 5.41) is 29.2. The summed E-state index contributed by atoms with van der Waals surface area (Å²) >= 11 is 0. The fourth-order valence-corrected chi connectivity index (χ4v) is 5.67. The second-order valence-corrected chi connectivity index (χ2v) is 10.5. The number of phenols is 2. The topological polar surface area (TPSA) is 138 Å². The summed E-state index contributed by atoms with van der Waals surface area (Å²) in [6.07, 6.45) is 0. The van der Waals surface area contributed by atoms with Crippen LogP contribution in [0, 0.1) is 0 Å². The minimum Gasteiger partial charge on any atom is -0.507 e. The zero-order valence-electron chi connectivity index (χ0n) is 25.9. The number of hydrogen-bond acceptors (Lipinski definition) is 12. The highest BCUT2D eigenvalue weighted by atomic mass is 16.7. The maximum absolute atomic E-state index is 11.1. The van der Waals surface area contributed by atoms with Crippen LogP contribution in [-0.4, -0.2) is 65.3 Å². The molecule has 0 aromatic heterocycles. The molecule has 242 valence electrons. The molecule has 4 aromatic carbocycles. The Labute approximate surface area is 266 Å². The standard InChI is InChI=1S/C34H36N2O10/c1-39-25-7-5-19(11-27(25)41-3)33(21-13-29-31(15-23(21)37)45-17-43-29)35-9-10-36-34(20-6-8-26(40-2)28(12-20)42-4)22-14-30-32(16-24(22)38)46-18-44-30/h5-8,11-16,33-38H,9-10,17-18H2,1-4H3. The molecule has 12 nitrogen and oxygen atoms in total. The Kier molecular flexibility index (Phi) is 8.99. The fourth-order valence-electron chi connectivity index (χ4n) is 5.67. The lowest BCUT2D eigenvalue weighted by Crippen LogP contribution is -2.33. The summed E-state index contributed by atoms with van der Waals surface area (Å²) in [5.41, 5.74) is 2.86. The molecule has 0 amide bonds. The van der Waals surface area contributed by atoms with E-state index in [0.29, 0.717) is 70.2 Å². The highest BCUT2D eigenvalue weighted by molar-refractivity contribution is 5.57. The fraction of sp³-hybridized carbons (Fsp3) is 0.294. The molecule has 0 saturated carbocycles. The first kappa shape index (κ1) is 30.8. The van der Waals surface area contributed by atoms with Gasteiger partial charge in [-0.1, -0.05) is 12.1 Å². The molecule has 0 spiro atoms. The summed E-state index contributed by atoms with van der Waals surface area (Å²) in [4.78, 5) is 0. The van der Waals surface area contributed by atoms with E-state index in [0.717, 1.165) is 11.1 Å². The number of rotatable bonds is 13. The van der Waals surface area contributed by atoms with E-state index in [9.17, 15) is 10.2 Å². The third-order valence-corrected chi connectivity index (χ3v) is 7.97. The molecule has 0 aliphatic carbocycles. The van der Waals surface area contributed by atoms with Gasteiger partial charge in [0.05, 0.1) is 40.5 Å². The van der Waals surface area contributed by atoms with Crippen LogP contribution in [0.5, 0.6) is 57.5 Å². The summed E-state index contributed by atoms with van der Waals surface area (Å²) in [5.74, 6) is 4.44. The lowest BCUT2D eigenvalue weighted by Gasteiger charge is -2.25. The summed E-state index contributed by atoms with van der Waals surface area (Å²) < 4.78 is 44.2. The Bertz CT molecular complexity index is 1590. The molecule has 0 radical (unpaired) electrons. The minimum absolute atomic E-state index is 0.0537. The molecular weight excluding hydrogens is 596 g/mol.